The van der Waals surface area contributed by atoms with Gasteiger partial charge in [-0.1, -0.05) is 0 Å². The summed E-state index contributed by atoms with van der Waals surface area (Å²) >= 11 is 1.60. The van der Waals surface area contributed by atoms with Gasteiger partial charge < -0.3 is 4.90 Å². The number of likely N-dealkylation sites (N-methyl/N-ethyl adjacent to an activating group) is 1. The maximum atomic E-state index is 11.2. The van der Waals surface area contributed by atoms with Gasteiger partial charge in [-0.15, -0.1) is 11.3 Å². The lowest BCUT2D eigenvalue weighted by atomic mass is 10.4. The molecule has 0 aliphatic carbocycles. The van der Waals surface area contributed by atoms with Crippen molar-refractivity contribution in [3.63, 3.8) is 0 Å². The van der Waals surface area contributed by atoms with E-state index >= 15 is 0 Å². The maximum absolute atomic E-state index is 11.2. The zero-order chi connectivity index (χ0) is 10.7. The molecule has 0 unspecified atom stereocenters. The van der Waals surface area contributed by atoms with Gasteiger partial charge >= 0.3 is 0 Å². The number of rotatable bonds is 2. The molecule has 1 aromatic rings. The fourth-order valence-electron chi connectivity index (χ4n) is 0.860. The molecule has 0 N–H and O–H groups in total. The lowest BCUT2D eigenvalue weighted by Gasteiger charge is -2.04. The lowest BCUT2D eigenvalue weighted by Crippen LogP contribution is -2.18. The maximum Gasteiger partial charge on any atom is 0.246 e. The third-order valence-corrected chi connectivity index (χ3v) is 2.89. The van der Waals surface area contributed by atoms with Crippen molar-refractivity contribution in [3.8, 4) is 0 Å². The smallest absolute Gasteiger partial charge is 0.246 e. The van der Waals surface area contributed by atoms with Crippen LogP contribution in [0.2, 0.25) is 0 Å². The van der Waals surface area contributed by atoms with Crippen LogP contribution >= 0.6 is 11.3 Å². The first-order chi connectivity index (χ1) is 6.50. The Hall–Kier alpha value is -1.16. The third kappa shape index (κ3) is 2.67. The topological polar surface area (TPSA) is 33.2 Å². The minimum atomic E-state index is -0.0180. The van der Waals surface area contributed by atoms with Gasteiger partial charge in [-0.2, -0.15) is 0 Å². The Labute approximate surface area is 88.1 Å². The van der Waals surface area contributed by atoms with Crippen molar-refractivity contribution in [2.45, 2.75) is 13.8 Å². The van der Waals surface area contributed by atoms with Crippen LogP contribution in [-0.4, -0.2) is 29.9 Å². The summed E-state index contributed by atoms with van der Waals surface area (Å²) in [6.45, 7) is 4.00. The molecule has 0 aliphatic heterocycles. The molecule has 1 heterocycles. The average Bonchev–Trinajstić information content (AvgIpc) is 2.42. The van der Waals surface area contributed by atoms with E-state index in [1.54, 1.807) is 31.5 Å². The second-order valence-corrected chi connectivity index (χ2v) is 4.49. The SMILES string of the molecule is Cc1nc(C=CC(=O)N(C)C)sc1C. The van der Waals surface area contributed by atoms with Crippen molar-refractivity contribution in [1.82, 2.24) is 9.88 Å². The first kappa shape index (κ1) is 10.9. The van der Waals surface area contributed by atoms with Gasteiger partial charge in [0, 0.05) is 25.0 Å². The van der Waals surface area contributed by atoms with Crippen LogP contribution in [0.15, 0.2) is 6.08 Å². The summed E-state index contributed by atoms with van der Waals surface area (Å²) in [5, 5.41) is 0.884. The Kier molecular flexibility index (Phi) is 3.41. The third-order valence-electron chi connectivity index (χ3n) is 1.85. The Balaban J connectivity index is 2.74. The summed E-state index contributed by atoms with van der Waals surface area (Å²) in [5.74, 6) is -0.0180. The van der Waals surface area contributed by atoms with E-state index in [9.17, 15) is 4.79 Å². The van der Waals surface area contributed by atoms with Crippen molar-refractivity contribution in [1.29, 1.82) is 0 Å². The number of hydrogen-bond acceptors (Lipinski definition) is 3. The predicted molar refractivity (Wildman–Crippen MR) is 59.3 cm³/mol. The zero-order valence-corrected chi connectivity index (χ0v) is 9.68. The molecular weight excluding hydrogens is 196 g/mol. The van der Waals surface area contributed by atoms with E-state index in [1.807, 2.05) is 13.8 Å². The highest BCUT2D eigenvalue weighted by molar-refractivity contribution is 7.12. The number of carbonyl (C=O) groups excluding carboxylic acids is 1. The minimum Gasteiger partial charge on any atom is -0.345 e. The molecule has 3 nitrogen and oxygen atoms in total. The lowest BCUT2D eigenvalue weighted by molar-refractivity contribution is -0.123. The number of hydrogen-bond donors (Lipinski definition) is 0. The van der Waals surface area contributed by atoms with E-state index in [2.05, 4.69) is 4.98 Å². The second kappa shape index (κ2) is 4.37. The molecule has 0 radical (unpaired) electrons. The van der Waals surface area contributed by atoms with Crippen molar-refractivity contribution >= 4 is 23.3 Å². The number of aryl methyl sites for hydroxylation is 2. The number of aromatic nitrogens is 1. The molecule has 4 heteroatoms. The molecule has 0 aromatic carbocycles. The van der Waals surface area contributed by atoms with Gasteiger partial charge in [-0.25, -0.2) is 4.98 Å². The first-order valence-electron chi connectivity index (χ1n) is 4.34. The van der Waals surface area contributed by atoms with Crippen LogP contribution in [0.1, 0.15) is 15.6 Å². The second-order valence-electron chi connectivity index (χ2n) is 3.26. The summed E-state index contributed by atoms with van der Waals surface area (Å²) in [6.07, 6.45) is 3.30. The van der Waals surface area contributed by atoms with Crippen molar-refractivity contribution in [2.24, 2.45) is 0 Å². The van der Waals surface area contributed by atoms with Crippen LogP contribution in [-0.2, 0) is 4.79 Å². The molecule has 1 rings (SSSR count). The van der Waals surface area contributed by atoms with Crippen LogP contribution in [0, 0.1) is 13.8 Å². The van der Waals surface area contributed by atoms with Crippen LogP contribution in [0.25, 0.3) is 6.08 Å². The van der Waals surface area contributed by atoms with E-state index in [0.29, 0.717) is 0 Å². The molecule has 0 bridgehead atoms. The standard InChI is InChI=1S/C10H14N2OS/c1-7-8(2)14-9(11-7)5-6-10(13)12(3)4/h5-6H,1-4H3. The van der Waals surface area contributed by atoms with E-state index in [1.165, 1.54) is 15.9 Å². The van der Waals surface area contributed by atoms with E-state index in [0.717, 1.165) is 10.7 Å². The highest BCUT2D eigenvalue weighted by Gasteiger charge is 2.01. The highest BCUT2D eigenvalue weighted by Crippen LogP contribution is 2.17. The van der Waals surface area contributed by atoms with Gasteiger partial charge in [0.15, 0.2) is 0 Å². The highest BCUT2D eigenvalue weighted by atomic mass is 32.1. The summed E-state index contributed by atoms with van der Waals surface area (Å²) in [6, 6.07) is 0. The summed E-state index contributed by atoms with van der Waals surface area (Å²) in [4.78, 5) is 18.3. The summed E-state index contributed by atoms with van der Waals surface area (Å²) < 4.78 is 0. The van der Waals surface area contributed by atoms with Crippen molar-refractivity contribution in [3.05, 3.63) is 21.7 Å². The zero-order valence-electron chi connectivity index (χ0n) is 8.87. The van der Waals surface area contributed by atoms with Gasteiger partial charge in [-0.3, -0.25) is 4.79 Å². The Morgan fingerprint density at radius 3 is 2.50 bits per heavy atom. The summed E-state index contributed by atoms with van der Waals surface area (Å²) in [5.41, 5.74) is 1.03. The van der Waals surface area contributed by atoms with Crippen molar-refractivity contribution < 1.29 is 4.79 Å². The van der Waals surface area contributed by atoms with Crippen LogP contribution in [0.5, 0.6) is 0 Å². The number of amides is 1. The molecule has 76 valence electrons. The molecule has 0 aliphatic rings. The van der Waals surface area contributed by atoms with Gasteiger partial charge in [-0.05, 0) is 19.9 Å². The molecule has 0 spiro atoms. The van der Waals surface area contributed by atoms with Crippen LogP contribution < -0.4 is 0 Å². The normalized spacial score (nSPS) is 10.9. The molecule has 0 fully saturated rings. The average molecular weight is 210 g/mol. The Morgan fingerprint density at radius 2 is 2.07 bits per heavy atom. The molecule has 0 saturated carbocycles. The van der Waals surface area contributed by atoms with Gasteiger partial charge in [0.1, 0.15) is 5.01 Å². The molecule has 1 aromatic heterocycles. The van der Waals surface area contributed by atoms with E-state index < -0.39 is 0 Å². The Bertz CT molecular complexity index is 347. The van der Waals surface area contributed by atoms with Crippen molar-refractivity contribution in [2.75, 3.05) is 14.1 Å². The number of thiazole rings is 1. The van der Waals surface area contributed by atoms with Crippen LogP contribution in [0.4, 0.5) is 0 Å². The fourth-order valence-corrected chi connectivity index (χ4v) is 1.69. The van der Waals surface area contributed by atoms with E-state index in [4.69, 9.17) is 0 Å². The largest absolute Gasteiger partial charge is 0.345 e. The Morgan fingerprint density at radius 1 is 1.43 bits per heavy atom. The predicted octanol–water partition coefficient (Wildman–Crippen LogP) is 1.86. The van der Waals surface area contributed by atoms with Gasteiger partial charge in [0.2, 0.25) is 5.91 Å². The monoisotopic (exact) mass is 210 g/mol. The first-order valence-corrected chi connectivity index (χ1v) is 5.15. The minimum absolute atomic E-state index is 0.0180. The fraction of sp³-hybridized carbons (Fsp3) is 0.400. The van der Waals surface area contributed by atoms with E-state index in [-0.39, 0.29) is 5.91 Å². The molecule has 0 atom stereocenters. The molecular formula is C10H14N2OS. The number of nitrogens with zero attached hydrogens (tertiary/aromatic N) is 2. The molecule has 14 heavy (non-hydrogen) atoms. The number of carbonyl (C=O) groups is 1. The molecule has 1 amide bonds. The van der Waals surface area contributed by atoms with Gasteiger partial charge in [0.25, 0.3) is 0 Å². The quantitative estimate of drug-likeness (QED) is 0.698. The van der Waals surface area contributed by atoms with Gasteiger partial charge in [0.05, 0.1) is 5.69 Å². The summed E-state index contributed by atoms with van der Waals surface area (Å²) in [7, 11) is 3.45. The molecule has 0 saturated heterocycles. The van der Waals surface area contributed by atoms with Crippen LogP contribution in [0.3, 0.4) is 0 Å².